The maximum atomic E-state index is 14.9. The average Bonchev–Trinajstić information content (AvgIpc) is 3.55. The molecule has 1 spiro atoms. The molecule has 218 valence electrons. The van der Waals surface area contributed by atoms with Crippen molar-refractivity contribution in [2.75, 3.05) is 19.0 Å². The Labute approximate surface area is 255 Å². The number of hydrogen-bond donors (Lipinski definition) is 1. The van der Waals surface area contributed by atoms with Crippen molar-refractivity contribution in [2.45, 2.75) is 17.5 Å². The number of Topliss-reactive ketones (excluding diaryl/α,β-unsaturated/α-hetero) is 2. The Morgan fingerprint density at radius 1 is 0.909 bits per heavy atom. The van der Waals surface area contributed by atoms with Crippen molar-refractivity contribution in [3.05, 3.63) is 144 Å². The normalized spacial score (nSPS) is 22.5. The molecule has 0 bridgehead atoms. The predicted molar refractivity (Wildman–Crippen MR) is 168 cm³/mol. The van der Waals surface area contributed by atoms with E-state index in [1.54, 1.807) is 61.7 Å². The number of hydrogen-bond acceptors (Lipinski definition) is 6. The zero-order chi connectivity index (χ0) is 30.4. The average molecular weight is 583 g/mol. The van der Waals surface area contributed by atoms with Crippen LogP contribution in [0.25, 0.3) is 6.08 Å². The van der Waals surface area contributed by atoms with E-state index in [1.165, 1.54) is 0 Å². The van der Waals surface area contributed by atoms with Crippen LogP contribution in [-0.4, -0.2) is 42.1 Å². The van der Waals surface area contributed by atoms with Gasteiger partial charge in [-0.25, -0.2) is 0 Å². The summed E-state index contributed by atoms with van der Waals surface area (Å²) in [4.78, 5) is 46.2. The second kappa shape index (κ2) is 10.7. The highest BCUT2D eigenvalue weighted by Gasteiger charge is 2.70. The number of amides is 1. The van der Waals surface area contributed by atoms with Crippen molar-refractivity contribution < 1.29 is 23.9 Å². The number of carbonyl (C=O) groups excluding carboxylic acids is 3. The summed E-state index contributed by atoms with van der Waals surface area (Å²) in [6, 6.07) is 27.5. The van der Waals surface area contributed by atoms with Crippen molar-refractivity contribution in [2.24, 2.45) is 5.92 Å². The molecule has 3 heterocycles. The zero-order valence-corrected chi connectivity index (χ0v) is 24.1. The molecule has 44 heavy (non-hydrogen) atoms. The molecule has 7 heteroatoms. The molecule has 3 aliphatic heterocycles. The number of anilines is 1. The van der Waals surface area contributed by atoms with Gasteiger partial charge in [0.1, 0.15) is 29.6 Å². The van der Waals surface area contributed by atoms with Gasteiger partial charge < -0.3 is 19.7 Å². The molecule has 7 rings (SSSR count). The number of para-hydroxylation sites is 1. The van der Waals surface area contributed by atoms with Crippen LogP contribution in [0.15, 0.2) is 116 Å². The van der Waals surface area contributed by atoms with Gasteiger partial charge in [-0.2, -0.15) is 0 Å². The van der Waals surface area contributed by atoms with Crippen molar-refractivity contribution in [1.82, 2.24) is 4.90 Å². The monoisotopic (exact) mass is 582 g/mol. The summed E-state index contributed by atoms with van der Waals surface area (Å²) in [5, 5.41) is 3.08. The third-order valence-electron chi connectivity index (χ3n) is 8.98. The maximum Gasteiger partial charge on any atom is 0.238 e. The first-order chi connectivity index (χ1) is 21.5. The molecular weight excluding hydrogens is 552 g/mol. The lowest BCUT2D eigenvalue weighted by Gasteiger charge is -2.38. The highest BCUT2D eigenvalue weighted by Crippen LogP contribution is 2.62. The van der Waals surface area contributed by atoms with Crippen molar-refractivity contribution in [1.29, 1.82) is 0 Å². The summed E-state index contributed by atoms with van der Waals surface area (Å²) in [7, 11) is 1.54. The maximum absolute atomic E-state index is 14.9. The summed E-state index contributed by atoms with van der Waals surface area (Å²) in [6.45, 7) is 4.01. The predicted octanol–water partition coefficient (Wildman–Crippen LogP) is 6.24. The molecular formula is C37H30N2O5. The van der Waals surface area contributed by atoms with Crippen molar-refractivity contribution in [3.63, 3.8) is 0 Å². The number of nitrogens with one attached hydrogen (secondary N) is 1. The SMILES string of the molecule is C=CCOc1ccc(C(=O)[C@H]2[C@@H](C(=O)c3cccc(OC)c3)N3C=Cc4ccccc4[C@@H]3[C@@]23C(=O)Nc2ccccc23)cc1. The molecule has 4 aromatic carbocycles. The van der Waals surface area contributed by atoms with Gasteiger partial charge in [-0.3, -0.25) is 14.4 Å². The van der Waals surface area contributed by atoms with Gasteiger partial charge in [0, 0.05) is 23.0 Å². The van der Waals surface area contributed by atoms with Crippen LogP contribution in [0.4, 0.5) is 5.69 Å². The molecule has 3 aliphatic rings. The number of rotatable bonds is 8. The van der Waals surface area contributed by atoms with Gasteiger partial charge in [0.2, 0.25) is 5.91 Å². The Hall–Kier alpha value is -5.43. The smallest absolute Gasteiger partial charge is 0.238 e. The Bertz CT molecular complexity index is 1840. The molecule has 1 fully saturated rings. The quantitative estimate of drug-likeness (QED) is 0.196. The second-order valence-electron chi connectivity index (χ2n) is 11.2. The Morgan fingerprint density at radius 3 is 2.48 bits per heavy atom. The van der Waals surface area contributed by atoms with E-state index in [-0.39, 0.29) is 17.5 Å². The molecule has 4 atom stereocenters. The fourth-order valence-corrected chi connectivity index (χ4v) is 7.16. The Balaban J connectivity index is 1.48. The number of carbonyl (C=O) groups is 3. The standard InChI is InChI=1S/C37H30N2O5/c1-3-21-44-26-17-15-24(16-18-26)33(40)31-32(34(41)25-10-8-11-27(22-25)43-2)39-20-19-23-9-4-5-12-28(23)35(39)37(31)29-13-6-7-14-30(29)38-36(37)42/h3-20,22,31-32,35H,1,21H2,2H3,(H,38,42)/t31-,32+,35-,37+/m1/s1. The third-order valence-corrected chi connectivity index (χ3v) is 8.98. The molecule has 0 aromatic heterocycles. The number of methoxy groups -OCH3 is 1. The number of ether oxygens (including phenoxy) is 2. The fraction of sp³-hybridized carbons (Fsp3) is 0.162. The van der Waals surface area contributed by atoms with Crippen LogP contribution in [0, 0.1) is 5.92 Å². The van der Waals surface area contributed by atoms with Crippen molar-refractivity contribution in [3.8, 4) is 11.5 Å². The molecule has 7 nitrogen and oxygen atoms in total. The summed E-state index contributed by atoms with van der Waals surface area (Å²) >= 11 is 0. The Kier molecular flexibility index (Phi) is 6.66. The lowest BCUT2D eigenvalue weighted by atomic mass is 9.62. The molecule has 1 amide bonds. The van der Waals surface area contributed by atoms with Crippen LogP contribution >= 0.6 is 0 Å². The minimum Gasteiger partial charge on any atom is -0.497 e. The first kappa shape index (κ1) is 27.4. The Morgan fingerprint density at radius 2 is 1.68 bits per heavy atom. The van der Waals surface area contributed by atoms with Crippen LogP contribution < -0.4 is 14.8 Å². The van der Waals surface area contributed by atoms with Gasteiger partial charge in [-0.05, 0) is 65.2 Å². The molecule has 0 radical (unpaired) electrons. The molecule has 0 aliphatic carbocycles. The number of nitrogens with zero attached hydrogens (tertiary/aromatic N) is 1. The van der Waals surface area contributed by atoms with E-state index in [0.717, 1.165) is 11.1 Å². The highest BCUT2D eigenvalue weighted by atomic mass is 16.5. The van der Waals surface area contributed by atoms with Gasteiger partial charge in [0.25, 0.3) is 0 Å². The van der Waals surface area contributed by atoms with Crippen LogP contribution in [-0.2, 0) is 10.2 Å². The molecule has 0 unspecified atom stereocenters. The van der Waals surface area contributed by atoms with Gasteiger partial charge in [-0.1, -0.05) is 67.3 Å². The molecule has 4 aromatic rings. The minimum atomic E-state index is -1.40. The molecule has 0 saturated carbocycles. The van der Waals surface area contributed by atoms with Gasteiger partial charge in [-0.15, -0.1) is 0 Å². The summed E-state index contributed by atoms with van der Waals surface area (Å²) < 4.78 is 11.1. The topological polar surface area (TPSA) is 84.9 Å². The zero-order valence-electron chi connectivity index (χ0n) is 24.1. The second-order valence-corrected chi connectivity index (χ2v) is 11.2. The minimum absolute atomic E-state index is 0.267. The van der Waals surface area contributed by atoms with Crippen LogP contribution in [0.5, 0.6) is 11.5 Å². The van der Waals surface area contributed by atoms with E-state index < -0.39 is 23.4 Å². The largest absolute Gasteiger partial charge is 0.497 e. The number of ketones is 2. The third kappa shape index (κ3) is 4.00. The summed E-state index contributed by atoms with van der Waals surface area (Å²) in [5.74, 6) is -0.814. The van der Waals surface area contributed by atoms with E-state index in [9.17, 15) is 14.4 Å². The van der Waals surface area contributed by atoms with Gasteiger partial charge >= 0.3 is 0 Å². The first-order valence-electron chi connectivity index (χ1n) is 14.5. The van der Waals surface area contributed by atoms with Crippen LogP contribution in [0.2, 0.25) is 0 Å². The van der Waals surface area contributed by atoms with Crippen molar-refractivity contribution >= 4 is 29.2 Å². The van der Waals surface area contributed by atoms with Gasteiger partial charge in [0.05, 0.1) is 19.1 Å². The van der Waals surface area contributed by atoms with Crippen LogP contribution in [0.3, 0.4) is 0 Å². The molecule has 1 N–H and O–H groups in total. The fourth-order valence-electron chi connectivity index (χ4n) is 7.16. The van der Waals surface area contributed by atoms with E-state index >= 15 is 0 Å². The summed E-state index contributed by atoms with van der Waals surface area (Å²) in [6.07, 6.45) is 5.46. The van der Waals surface area contributed by atoms with E-state index in [0.29, 0.717) is 40.5 Å². The lowest BCUT2D eigenvalue weighted by Crippen LogP contribution is -2.49. The molecule has 1 saturated heterocycles. The van der Waals surface area contributed by atoms with Crippen LogP contribution in [0.1, 0.15) is 43.4 Å². The number of benzene rings is 4. The van der Waals surface area contributed by atoms with E-state index in [1.807, 2.05) is 65.7 Å². The first-order valence-corrected chi connectivity index (χ1v) is 14.5. The van der Waals surface area contributed by atoms with Gasteiger partial charge in [0.15, 0.2) is 11.6 Å². The highest BCUT2D eigenvalue weighted by molar-refractivity contribution is 6.16. The lowest BCUT2D eigenvalue weighted by molar-refractivity contribution is -0.122. The number of fused-ring (bicyclic) bond motifs is 6. The van der Waals surface area contributed by atoms with E-state index in [2.05, 4.69) is 11.9 Å². The van der Waals surface area contributed by atoms with E-state index in [4.69, 9.17) is 9.47 Å². The summed E-state index contributed by atoms with van der Waals surface area (Å²) in [5.41, 5.74) is 2.56.